The molecule has 2 N–H and O–H groups in total. The van der Waals surface area contributed by atoms with E-state index in [1.807, 2.05) is 6.07 Å². The zero-order valence-electron chi connectivity index (χ0n) is 10.1. The van der Waals surface area contributed by atoms with E-state index in [9.17, 15) is 0 Å². The Labute approximate surface area is 101 Å². The third-order valence-corrected chi connectivity index (χ3v) is 3.38. The first-order valence-corrected chi connectivity index (χ1v) is 6.24. The molecule has 1 aromatic carbocycles. The minimum absolute atomic E-state index is 0.787. The molecule has 0 saturated heterocycles. The van der Waals surface area contributed by atoms with Gasteiger partial charge in [-0.1, -0.05) is 0 Å². The third-order valence-electron chi connectivity index (χ3n) is 3.38. The van der Waals surface area contributed by atoms with E-state index >= 15 is 0 Å². The minimum Gasteiger partial charge on any atom is -0.497 e. The molecule has 90 valence electrons. The molecule has 0 bridgehead atoms. The number of nitrogens with one attached hydrogen (secondary N) is 2. The van der Waals surface area contributed by atoms with E-state index in [0.717, 1.165) is 24.8 Å². The van der Waals surface area contributed by atoms with Crippen molar-refractivity contribution in [3.63, 3.8) is 0 Å². The number of aromatic amines is 1. The number of H-pyrrole nitrogens is 1. The van der Waals surface area contributed by atoms with Crippen LogP contribution in [0.15, 0.2) is 24.4 Å². The Hall–Kier alpha value is -1.48. The van der Waals surface area contributed by atoms with Crippen LogP contribution in [0.25, 0.3) is 10.9 Å². The lowest BCUT2D eigenvalue weighted by molar-refractivity contribution is 0.415. The number of aromatic nitrogens is 1. The summed E-state index contributed by atoms with van der Waals surface area (Å²) in [6.45, 7) is 1.06. The predicted octanol–water partition coefficient (Wildman–Crippen LogP) is 2.47. The summed E-state index contributed by atoms with van der Waals surface area (Å²) in [5, 5.41) is 4.82. The molecular weight excluding hydrogens is 212 g/mol. The van der Waals surface area contributed by atoms with Gasteiger partial charge in [-0.3, -0.25) is 0 Å². The Kier molecular flexibility index (Phi) is 2.77. The normalized spacial score (nSPS) is 15.4. The lowest BCUT2D eigenvalue weighted by atomic mass is 10.1. The summed E-state index contributed by atoms with van der Waals surface area (Å²) in [6, 6.07) is 6.96. The van der Waals surface area contributed by atoms with Crippen molar-refractivity contribution in [1.82, 2.24) is 10.3 Å². The number of methoxy groups -OCH3 is 1. The Balaban J connectivity index is 1.77. The number of rotatable bonds is 5. The number of fused-ring (bicyclic) bond motifs is 1. The van der Waals surface area contributed by atoms with Crippen LogP contribution in [0.5, 0.6) is 5.75 Å². The fourth-order valence-electron chi connectivity index (χ4n) is 2.19. The quantitative estimate of drug-likeness (QED) is 0.828. The van der Waals surface area contributed by atoms with Gasteiger partial charge in [0.25, 0.3) is 0 Å². The molecule has 17 heavy (non-hydrogen) atoms. The van der Waals surface area contributed by atoms with Crippen LogP contribution >= 0.6 is 0 Å². The molecule has 0 aliphatic heterocycles. The molecule has 3 rings (SSSR count). The third kappa shape index (κ3) is 2.29. The van der Waals surface area contributed by atoms with Gasteiger partial charge < -0.3 is 15.0 Å². The molecule has 1 saturated carbocycles. The topological polar surface area (TPSA) is 37.0 Å². The molecule has 0 spiro atoms. The molecule has 2 aromatic rings. The summed E-state index contributed by atoms with van der Waals surface area (Å²) >= 11 is 0. The Morgan fingerprint density at radius 2 is 2.29 bits per heavy atom. The molecule has 0 atom stereocenters. The fourth-order valence-corrected chi connectivity index (χ4v) is 2.19. The van der Waals surface area contributed by atoms with Crippen LogP contribution in [0.3, 0.4) is 0 Å². The van der Waals surface area contributed by atoms with Gasteiger partial charge in [0.1, 0.15) is 5.75 Å². The van der Waals surface area contributed by atoms with Crippen LogP contribution in [-0.2, 0) is 6.42 Å². The van der Waals surface area contributed by atoms with Crippen molar-refractivity contribution < 1.29 is 4.74 Å². The molecule has 1 aliphatic rings. The van der Waals surface area contributed by atoms with Gasteiger partial charge in [-0.15, -0.1) is 0 Å². The SMILES string of the molecule is COc1ccc2[nH]cc(CCNC3CC3)c2c1. The predicted molar refractivity (Wildman–Crippen MR) is 69.6 cm³/mol. The average molecular weight is 230 g/mol. The summed E-state index contributed by atoms with van der Waals surface area (Å²) in [7, 11) is 1.71. The molecule has 0 radical (unpaired) electrons. The summed E-state index contributed by atoms with van der Waals surface area (Å²) in [5.74, 6) is 0.925. The summed E-state index contributed by atoms with van der Waals surface area (Å²) in [5.41, 5.74) is 2.55. The largest absolute Gasteiger partial charge is 0.497 e. The van der Waals surface area contributed by atoms with Gasteiger partial charge in [0, 0.05) is 23.1 Å². The van der Waals surface area contributed by atoms with Crippen molar-refractivity contribution in [2.24, 2.45) is 0 Å². The van der Waals surface area contributed by atoms with Gasteiger partial charge in [-0.2, -0.15) is 0 Å². The second-order valence-electron chi connectivity index (χ2n) is 4.70. The second-order valence-corrected chi connectivity index (χ2v) is 4.70. The van der Waals surface area contributed by atoms with Crippen molar-refractivity contribution in [1.29, 1.82) is 0 Å². The lowest BCUT2D eigenvalue weighted by Crippen LogP contribution is -2.19. The van der Waals surface area contributed by atoms with Crippen molar-refractivity contribution in [2.45, 2.75) is 25.3 Å². The maximum Gasteiger partial charge on any atom is 0.119 e. The van der Waals surface area contributed by atoms with E-state index in [1.165, 1.54) is 29.3 Å². The Morgan fingerprint density at radius 3 is 3.06 bits per heavy atom. The maximum absolute atomic E-state index is 5.27. The molecule has 1 aromatic heterocycles. The smallest absolute Gasteiger partial charge is 0.119 e. The van der Waals surface area contributed by atoms with Crippen LogP contribution in [0.4, 0.5) is 0 Å². The van der Waals surface area contributed by atoms with Crippen LogP contribution in [0, 0.1) is 0 Å². The first kappa shape index (κ1) is 10.7. The van der Waals surface area contributed by atoms with Crippen LogP contribution < -0.4 is 10.1 Å². The zero-order valence-corrected chi connectivity index (χ0v) is 10.1. The molecule has 3 nitrogen and oxygen atoms in total. The van der Waals surface area contributed by atoms with E-state index in [2.05, 4.69) is 28.6 Å². The zero-order chi connectivity index (χ0) is 11.7. The highest BCUT2D eigenvalue weighted by Crippen LogP contribution is 2.24. The first-order valence-electron chi connectivity index (χ1n) is 6.24. The summed E-state index contributed by atoms with van der Waals surface area (Å²) < 4.78 is 5.27. The summed E-state index contributed by atoms with van der Waals surface area (Å²) in [4.78, 5) is 3.31. The number of ether oxygens (including phenoxy) is 1. The van der Waals surface area contributed by atoms with E-state index < -0.39 is 0 Å². The van der Waals surface area contributed by atoms with Crippen LogP contribution in [-0.4, -0.2) is 24.7 Å². The average Bonchev–Trinajstić information content (AvgIpc) is 3.10. The molecule has 0 amide bonds. The van der Waals surface area contributed by atoms with Gasteiger partial charge in [-0.05, 0) is 49.6 Å². The lowest BCUT2D eigenvalue weighted by Gasteiger charge is -2.03. The van der Waals surface area contributed by atoms with Crippen LogP contribution in [0.2, 0.25) is 0 Å². The van der Waals surface area contributed by atoms with Crippen molar-refractivity contribution >= 4 is 10.9 Å². The highest BCUT2D eigenvalue weighted by Gasteiger charge is 2.19. The van der Waals surface area contributed by atoms with Gasteiger partial charge in [0.2, 0.25) is 0 Å². The molecule has 1 aliphatic carbocycles. The van der Waals surface area contributed by atoms with Gasteiger partial charge >= 0.3 is 0 Å². The van der Waals surface area contributed by atoms with Crippen molar-refractivity contribution in [3.8, 4) is 5.75 Å². The Morgan fingerprint density at radius 1 is 1.41 bits per heavy atom. The van der Waals surface area contributed by atoms with Gasteiger partial charge in [-0.25, -0.2) is 0 Å². The highest BCUT2D eigenvalue weighted by molar-refractivity contribution is 5.84. The van der Waals surface area contributed by atoms with Crippen molar-refractivity contribution in [2.75, 3.05) is 13.7 Å². The fraction of sp³-hybridized carbons (Fsp3) is 0.429. The molecular formula is C14H18N2O. The number of benzene rings is 1. The van der Waals surface area contributed by atoms with Crippen molar-refractivity contribution in [3.05, 3.63) is 30.0 Å². The molecule has 1 fully saturated rings. The number of hydrogen-bond acceptors (Lipinski definition) is 2. The monoisotopic (exact) mass is 230 g/mol. The minimum atomic E-state index is 0.787. The summed E-state index contributed by atoms with van der Waals surface area (Å²) in [6.07, 6.45) is 5.88. The molecule has 3 heteroatoms. The maximum atomic E-state index is 5.27. The van der Waals surface area contributed by atoms with E-state index in [1.54, 1.807) is 7.11 Å². The van der Waals surface area contributed by atoms with Crippen LogP contribution in [0.1, 0.15) is 18.4 Å². The van der Waals surface area contributed by atoms with Gasteiger partial charge in [0.15, 0.2) is 0 Å². The standard InChI is InChI=1S/C14H18N2O/c1-17-12-4-5-14-13(8-12)10(9-16-14)6-7-15-11-2-3-11/h4-5,8-9,11,15-16H,2-3,6-7H2,1H3. The van der Waals surface area contributed by atoms with E-state index in [4.69, 9.17) is 4.74 Å². The van der Waals surface area contributed by atoms with E-state index in [-0.39, 0.29) is 0 Å². The first-order chi connectivity index (χ1) is 8.36. The van der Waals surface area contributed by atoms with Gasteiger partial charge in [0.05, 0.1) is 7.11 Å². The molecule has 1 heterocycles. The highest BCUT2D eigenvalue weighted by atomic mass is 16.5. The molecule has 0 unspecified atom stereocenters. The number of hydrogen-bond donors (Lipinski definition) is 2. The second kappa shape index (κ2) is 4.41. The van der Waals surface area contributed by atoms with E-state index in [0.29, 0.717) is 0 Å². The Bertz CT molecular complexity index is 514.